The molecule has 0 spiro atoms. The minimum Gasteiger partial charge on any atom is -0.497 e. The van der Waals surface area contributed by atoms with Crippen LogP contribution in [0.5, 0.6) is 5.75 Å². The van der Waals surface area contributed by atoms with Crippen molar-refractivity contribution < 1.29 is 14.3 Å². The van der Waals surface area contributed by atoms with Crippen molar-refractivity contribution in [3.63, 3.8) is 0 Å². The number of nitrogens with one attached hydrogen (secondary N) is 1. The Morgan fingerprint density at radius 3 is 2.33 bits per heavy atom. The van der Waals surface area contributed by atoms with E-state index in [1.165, 1.54) is 11.8 Å². The molecule has 8 nitrogen and oxygen atoms in total. The van der Waals surface area contributed by atoms with E-state index in [1.54, 1.807) is 55.6 Å². The Hall–Kier alpha value is -4.42. The third-order valence-electron chi connectivity index (χ3n) is 5.37. The molecule has 4 rings (SSSR count). The first-order chi connectivity index (χ1) is 17.6. The number of Topliss-reactive ketones (excluding diaryl/α,β-unsaturated/α-hetero) is 1. The van der Waals surface area contributed by atoms with Crippen LogP contribution in [0.4, 0.5) is 0 Å². The normalized spacial score (nSPS) is 10.4. The number of amides is 1. The second-order valence-electron chi connectivity index (χ2n) is 7.71. The minimum absolute atomic E-state index is 0.0691. The summed E-state index contributed by atoms with van der Waals surface area (Å²) in [6, 6.07) is 25.1. The van der Waals surface area contributed by atoms with Crippen molar-refractivity contribution in [1.29, 1.82) is 5.26 Å². The number of carbonyl (C=O) groups excluding carboxylic acids is 2. The summed E-state index contributed by atoms with van der Waals surface area (Å²) in [4.78, 5) is 25.2. The number of nitriles is 1. The van der Waals surface area contributed by atoms with Crippen molar-refractivity contribution in [2.75, 3.05) is 19.4 Å². The molecular weight excluding hydrogens is 474 g/mol. The number of carbonyl (C=O) groups is 2. The largest absolute Gasteiger partial charge is 0.497 e. The van der Waals surface area contributed by atoms with E-state index in [0.717, 1.165) is 5.69 Å². The molecule has 9 heteroatoms. The maximum absolute atomic E-state index is 12.7. The van der Waals surface area contributed by atoms with Gasteiger partial charge in [-0.15, -0.1) is 10.2 Å². The molecule has 0 aliphatic heterocycles. The Labute approximate surface area is 212 Å². The quantitative estimate of drug-likeness (QED) is 0.259. The molecule has 0 aliphatic rings. The summed E-state index contributed by atoms with van der Waals surface area (Å²) < 4.78 is 7.03. The Morgan fingerprint density at radius 1 is 0.972 bits per heavy atom. The number of ketones is 1. The number of methoxy groups -OCH3 is 1. The zero-order chi connectivity index (χ0) is 25.3. The molecule has 0 saturated carbocycles. The first-order valence-electron chi connectivity index (χ1n) is 11.2. The molecular formula is C27H23N5O3S. The van der Waals surface area contributed by atoms with E-state index in [4.69, 9.17) is 10.00 Å². The summed E-state index contributed by atoms with van der Waals surface area (Å²) in [5, 5.41) is 21.1. The van der Waals surface area contributed by atoms with E-state index in [2.05, 4.69) is 15.5 Å². The average molecular weight is 498 g/mol. The van der Waals surface area contributed by atoms with Gasteiger partial charge in [0.1, 0.15) is 11.6 Å². The molecule has 1 heterocycles. The highest BCUT2D eigenvalue weighted by molar-refractivity contribution is 7.99. The number of rotatable bonds is 10. The molecule has 0 unspecified atom stereocenters. The van der Waals surface area contributed by atoms with E-state index >= 15 is 0 Å². The van der Waals surface area contributed by atoms with Gasteiger partial charge < -0.3 is 10.1 Å². The van der Waals surface area contributed by atoms with Gasteiger partial charge in [-0.25, -0.2) is 0 Å². The minimum atomic E-state index is -0.189. The zero-order valence-electron chi connectivity index (χ0n) is 19.5. The lowest BCUT2D eigenvalue weighted by molar-refractivity contribution is 0.0953. The van der Waals surface area contributed by atoms with Crippen molar-refractivity contribution in [2.45, 2.75) is 11.6 Å². The summed E-state index contributed by atoms with van der Waals surface area (Å²) in [6.07, 6.45) is 0.452. The van der Waals surface area contributed by atoms with Gasteiger partial charge in [0.25, 0.3) is 5.91 Å². The number of hydrogen-bond acceptors (Lipinski definition) is 7. The molecule has 1 N–H and O–H groups in total. The lowest BCUT2D eigenvalue weighted by Gasteiger charge is -2.11. The van der Waals surface area contributed by atoms with Crippen LogP contribution in [0, 0.1) is 11.3 Å². The molecule has 0 aliphatic carbocycles. The molecule has 1 amide bonds. The molecule has 180 valence electrons. The van der Waals surface area contributed by atoms with Gasteiger partial charge in [-0.3, -0.25) is 14.2 Å². The molecule has 0 saturated heterocycles. The summed E-state index contributed by atoms with van der Waals surface area (Å²) in [5.74, 6) is 1.27. The fourth-order valence-corrected chi connectivity index (χ4v) is 4.33. The third-order valence-corrected chi connectivity index (χ3v) is 6.30. The molecule has 1 aromatic heterocycles. The van der Waals surface area contributed by atoms with Crippen LogP contribution in [0.15, 0.2) is 84.0 Å². The van der Waals surface area contributed by atoms with Crippen LogP contribution >= 0.6 is 11.8 Å². The van der Waals surface area contributed by atoms with Crippen molar-refractivity contribution in [3.8, 4) is 17.5 Å². The predicted molar refractivity (Wildman–Crippen MR) is 137 cm³/mol. The SMILES string of the molecule is COc1ccc(C(=O)NCCc2nnc(SCC(=O)c3ccc(C#N)cc3)n2-c2ccccc2)cc1. The summed E-state index contributed by atoms with van der Waals surface area (Å²) in [5.41, 5.74) is 2.45. The smallest absolute Gasteiger partial charge is 0.251 e. The number of nitrogens with zero attached hydrogens (tertiary/aromatic N) is 4. The highest BCUT2D eigenvalue weighted by Crippen LogP contribution is 2.23. The number of hydrogen-bond donors (Lipinski definition) is 1. The number of ether oxygens (including phenoxy) is 1. The van der Waals surface area contributed by atoms with Crippen LogP contribution in [0.25, 0.3) is 5.69 Å². The molecule has 36 heavy (non-hydrogen) atoms. The van der Waals surface area contributed by atoms with E-state index in [-0.39, 0.29) is 17.4 Å². The van der Waals surface area contributed by atoms with Crippen molar-refractivity contribution in [2.24, 2.45) is 0 Å². The van der Waals surface area contributed by atoms with Gasteiger partial charge in [0.15, 0.2) is 10.9 Å². The number of thioether (sulfide) groups is 1. The van der Waals surface area contributed by atoms with E-state index in [9.17, 15) is 9.59 Å². The number of benzene rings is 3. The second-order valence-corrected chi connectivity index (χ2v) is 8.65. The van der Waals surface area contributed by atoms with Gasteiger partial charge in [-0.05, 0) is 48.5 Å². The van der Waals surface area contributed by atoms with Gasteiger partial charge in [0.2, 0.25) is 0 Å². The van der Waals surface area contributed by atoms with Crippen LogP contribution in [-0.2, 0) is 6.42 Å². The van der Waals surface area contributed by atoms with E-state index in [0.29, 0.717) is 46.4 Å². The lowest BCUT2D eigenvalue weighted by Crippen LogP contribution is -2.26. The van der Waals surface area contributed by atoms with Gasteiger partial charge in [0.05, 0.1) is 24.5 Å². The third kappa shape index (κ3) is 5.98. The van der Waals surface area contributed by atoms with Crippen molar-refractivity contribution in [1.82, 2.24) is 20.1 Å². The highest BCUT2D eigenvalue weighted by Gasteiger charge is 2.17. The zero-order valence-corrected chi connectivity index (χ0v) is 20.4. The Morgan fingerprint density at radius 2 is 1.67 bits per heavy atom. The van der Waals surface area contributed by atoms with Gasteiger partial charge in [-0.2, -0.15) is 5.26 Å². The predicted octanol–water partition coefficient (Wildman–Crippen LogP) is 4.10. The van der Waals surface area contributed by atoms with Crippen LogP contribution in [0.3, 0.4) is 0 Å². The molecule has 0 bridgehead atoms. The van der Waals surface area contributed by atoms with E-state index in [1.807, 2.05) is 41.0 Å². The van der Waals surface area contributed by atoms with Crippen LogP contribution in [-0.4, -0.2) is 45.9 Å². The monoisotopic (exact) mass is 497 g/mol. The van der Waals surface area contributed by atoms with Gasteiger partial charge >= 0.3 is 0 Å². The maximum Gasteiger partial charge on any atom is 0.251 e. The topological polar surface area (TPSA) is 110 Å². The average Bonchev–Trinajstić information content (AvgIpc) is 3.34. The summed E-state index contributed by atoms with van der Waals surface area (Å²) in [6.45, 7) is 0.366. The second kappa shape index (κ2) is 11.8. The van der Waals surface area contributed by atoms with E-state index < -0.39 is 0 Å². The van der Waals surface area contributed by atoms with Gasteiger partial charge in [0, 0.05) is 29.8 Å². The maximum atomic E-state index is 12.7. The Bertz CT molecular complexity index is 1380. The molecule has 0 fully saturated rings. The molecule has 3 aromatic carbocycles. The van der Waals surface area contributed by atoms with Crippen LogP contribution in [0.1, 0.15) is 32.1 Å². The summed E-state index contributed by atoms with van der Waals surface area (Å²) in [7, 11) is 1.58. The lowest BCUT2D eigenvalue weighted by atomic mass is 10.1. The fraction of sp³-hybridized carbons (Fsp3) is 0.148. The fourth-order valence-electron chi connectivity index (χ4n) is 3.47. The van der Waals surface area contributed by atoms with Crippen LogP contribution in [0.2, 0.25) is 0 Å². The molecule has 4 aromatic rings. The number of para-hydroxylation sites is 1. The van der Waals surface area contributed by atoms with Gasteiger partial charge in [-0.1, -0.05) is 42.1 Å². The van der Waals surface area contributed by atoms with Crippen molar-refractivity contribution in [3.05, 3.63) is 101 Å². The standard InChI is InChI=1S/C27H23N5O3S/c1-35-23-13-11-21(12-14-23)26(34)29-16-15-25-30-31-27(32(25)22-5-3-2-4-6-22)36-18-24(33)20-9-7-19(17-28)8-10-20/h2-14H,15-16,18H2,1H3,(H,29,34). The summed E-state index contributed by atoms with van der Waals surface area (Å²) >= 11 is 1.29. The van der Waals surface area contributed by atoms with Crippen molar-refractivity contribution >= 4 is 23.5 Å². The number of aromatic nitrogens is 3. The first-order valence-corrected chi connectivity index (χ1v) is 12.2. The molecule has 0 radical (unpaired) electrons. The highest BCUT2D eigenvalue weighted by atomic mass is 32.2. The Balaban J connectivity index is 1.44. The molecule has 0 atom stereocenters. The Kier molecular flexibility index (Phi) is 8.11. The first kappa shape index (κ1) is 24.7. The van der Waals surface area contributed by atoms with Crippen LogP contribution < -0.4 is 10.1 Å².